The number of rotatable bonds is 1. The molecule has 0 aromatic heterocycles. The number of likely N-dealkylation sites (N-methyl/N-ethyl adjacent to an activating group) is 1. The van der Waals surface area contributed by atoms with Crippen molar-refractivity contribution >= 4 is 5.71 Å². The van der Waals surface area contributed by atoms with Crippen molar-refractivity contribution in [3.05, 3.63) is 35.9 Å². The van der Waals surface area contributed by atoms with Gasteiger partial charge in [-0.05, 0) is 19.5 Å². The Kier molecular flexibility index (Phi) is 1.65. The van der Waals surface area contributed by atoms with Crippen LogP contribution >= 0.6 is 0 Å². The number of hydrogen-bond donors (Lipinski definition) is 0. The average Bonchev–Trinajstić information content (AvgIpc) is 2.87. The van der Waals surface area contributed by atoms with Crippen LogP contribution in [0.5, 0.6) is 0 Å². The molecule has 3 nitrogen and oxygen atoms in total. The SMILES string of the molecule is CC1C2C(c3ccccc3)=NOC23CC3N1C. The predicted molar refractivity (Wildman–Crippen MR) is 65.9 cm³/mol. The predicted octanol–water partition coefficient (Wildman–Crippen LogP) is 1.88. The summed E-state index contributed by atoms with van der Waals surface area (Å²) in [5, 5.41) is 4.38. The monoisotopic (exact) mass is 228 g/mol. The molecule has 1 aliphatic carbocycles. The highest BCUT2D eigenvalue weighted by Crippen LogP contribution is 2.60. The minimum atomic E-state index is 0.0132. The van der Waals surface area contributed by atoms with Crippen LogP contribution in [0.2, 0.25) is 0 Å². The molecule has 0 bridgehead atoms. The summed E-state index contributed by atoms with van der Waals surface area (Å²) >= 11 is 0. The zero-order chi connectivity index (χ0) is 11.6. The molecular weight excluding hydrogens is 212 g/mol. The Balaban J connectivity index is 1.76. The molecule has 4 atom stereocenters. The molecule has 0 N–H and O–H groups in total. The highest BCUT2D eigenvalue weighted by atomic mass is 16.7. The average molecular weight is 228 g/mol. The fourth-order valence-corrected chi connectivity index (χ4v) is 3.64. The second kappa shape index (κ2) is 2.91. The van der Waals surface area contributed by atoms with Crippen molar-refractivity contribution < 1.29 is 4.84 Å². The van der Waals surface area contributed by atoms with Gasteiger partial charge < -0.3 is 4.84 Å². The molecule has 88 valence electrons. The van der Waals surface area contributed by atoms with Crippen molar-refractivity contribution in [2.45, 2.75) is 31.0 Å². The van der Waals surface area contributed by atoms with Crippen molar-refractivity contribution in [2.75, 3.05) is 7.05 Å². The van der Waals surface area contributed by atoms with E-state index >= 15 is 0 Å². The topological polar surface area (TPSA) is 24.8 Å². The van der Waals surface area contributed by atoms with Gasteiger partial charge in [0.15, 0.2) is 5.60 Å². The lowest BCUT2D eigenvalue weighted by Gasteiger charge is -2.23. The van der Waals surface area contributed by atoms with Crippen molar-refractivity contribution in [3.63, 3.8) is 0 Å². The fourth-order valence-electron chi connectivity index (χ4n) is 3.64. The molecule has 1 aromatic carbocycles. The van der Waals surface area contributed by atoms with Crippen molar-refractivity contribution in [3.8, 4) is 0 Å². The van der Waals surface area contributed by atoms with E-state index in [4.69, 9.17) is 4.84 Å². The van der Waals surface area contributed by atoms with Crippen LogP contribution < -0.4 is 0 Å². The molecule has 3 aliphatic rings. The number of oxime groups is 1. The Morgan fingerprint density at radius 2 is 2.12 bits per heavy atom. The third kappa shape index (κ3) is 1.03. The number of piperidine rings is 1. The Labute approximate surface area is 101 Å². The van der Waals surface area contributed by atoms with Crippen LogP contribution in [0.3, 0.4) is 0 Å². The molecule has 4 rings (SSSR count). The molecule has 1 aromatic rings. The molecule has 17 heavy (non-hydrogen) atoms. The molecule has 0 radical (unpaired) electrons. The minimum absolute atomic E-state index is 0.0132. The lowest BCUT2D eigenvalue weighted by atomic mass is 9.87. The zero-order valence-electron chi connectivity index (χ0n) is 10.1. The molecule has 2 aliphatic heterocycles. The summed E-state index contributed by atoms with van der Waals surface area (Å²) in [5.74, 6) is 0.444. The number of hydrogen-bond acceptors (Lipinski definition) is 3. The fraction of sp³-hybridized carbons (Fsp3) is 0.500. The third-order valence-electron chi connectivity index (χ3n) is 4.74. The maximum absolute atomic E-state index is 5.79. The van der Waals surface area contributed by atoms with E-state index in [1.807, 2.05) is 6.07 Å². The molecule has 1 saturated heterocycles. The van der Waals surface area contributed by atoms with Crippen LogP contribution in [0.15, 0.2) is 35.5 Å². The molecule has 2 fully saturated rings. The molecule has 3 heteroatoms. The molecule has 1 spiro atoms. The molecule has 4 unspecified atom stereocenters. The normalized spacial score (nSPS) is 42.7. The van der Waals surface area contributed by atoms with E-state index in [1.165, 1.54) is 5.56 Å². The Morgan fingerprint density at radius 3 is 2.88 bits per heavy atom. The van der Waals surface area contributed by atoms with E-state index in [0.29, 0.717) is 18.0 Å². The highest BCUT2D eigenvalue weighted by molar-refractivity contribution is 6.04. The van der Waals surface area contributed by atoms with E-state index in [0.717, 1.165) is 12.1 Å². The first-order valence-corrected chi connectivity index (χ1v) is 6.27. The summed E-state index contributed by atoms with van der Waals surface area (Å²) in [7, 11) is 2.20. The Morgan fingerprint density at radius 1 is 1.35 bits per heavy atom. The second-order valence-corrected chi connectivity index (χ2v) is 5.49. The highest BCUT2D eigenvalue weighted by Gasteiger charge is 2.75. The first kappa shape index (κ1) is 9.66. The number of nitrogens with zero attached hydrogens (tertiary/aromatic N) is 2. The number of likely N-dealkylation sites (tertiary alicyclic amines) is 1. The van der Waals surface area contributed by atoms with Gasteiger partial charge in [-0.15, -0.1) is 0 Å². The van der Waals surface area contributed by atoms with Gasteiger partial charge in [0.25, 0.3) is 0 Å². The van der Waals surface area contributed by atoms with Gasteiger partial charge in [0.1, 0.15) is 0 Å². The smallest absolute Gasteiger partial charge is 0.164 e. The van der Waals surface area contributed by atoms with Gasteiger partial charge in [-0.2, -0.15) is 0 Å². The molecule has 0 amide bonds. The van der Waals surface area contributed by atoms with E-state index in [1.54, 1.807) is 0 Å². The van der Waals surface area contributed by atoms with Gasteiger partial charge in [-0.1, -0.05) is 35.5 Å². The lowest BCUT2D eigenvalue weighted by molar-refractivity contribution is 0.0452. The first-order valence-electron chi connectivity index (χ1n) is 6.27. The van der Waals surface area contributed by atoms with Crippen LogP contribution in [-0.2, 0) is 4.84 Å². The second-order valence-electron chi connectivity index (χ2n) is 5.49. The molecular formula is C14H16N2O. The van der Waals surface area contributed by atoms with Gasteiger partial charge in [0.2, 0.25) is 0 Å². The van der Waals surface area contributed by atoms with Crippen molar-refractivity contribution in [2.24, 2.45) is 11.1 Å². The molecule has 1 saturated carbocycles. The third-order valence-corrected chi connectivity index (χ3v) is 4.74. The van der Waals surface area contributed by atoms with Crippen LogP contribution in [0.1, 0.15) is 18.9 Å². The largest absolute Gasteiger partial charge is 0.386 e. The standard InChI is InChI=1S/C14H16N2O/c1-9-12-13(10-6-4-3-5-7-10)15-17-14(12)8-11(14)16(9)2/h3-7,9,11-12H,8H2,1-2H3. The van der Waals surface area contributed by atoms with Crippen molar-refractivity contribution in [1.29, 1.82) is 0 Å². The van der Waals surface area contributed by atoms with E-state index in [-0.39, 0.29) is 5.60 Å². The Bertz CT molecular complexity index is 498. The number of benzene rings is 1. The van der Waals surface area contributed by atoms with E-state index < -0.39 is 0 Å². The van der Waals surface area contributed by atoms with E-state index in [2.05, 4.69) is 48.3 Å². The van der Waals surface area contributed by atoms with Crippen molar-refractivity contribution in [1.82, 2.24) is 4.90 Å². The summed E-state index contributed by atoms with van der Waals surface area (Å²) in [6.45, 7) is 2.28. The molecule has 2 heterocycles. The summed E-state index contributed by atoms with van der Waals surface area (Å²) in [6.07, 6.45) is 1.14. The van der Waals surface area contributed by atoms with Gasteiger partial charge in [-0.25, -0.2) is 0 Å². The zero-order valence-corrected chi connectivity index (χ0v) is 10.1. The Hall–Kier alpha value is -1.35. The van der Waals surface area contributed by atoms with Gasteiger partial charge in [0, 0.05) is 12.5 Å². The quantitative estimate of drug-likeness (QED) is 0.733. The van der Waals surface area contributed by atoms with Crippen LogP contribution in [0.25, 0.3) is 0 Å². The maximum Gasteiger partial charge on any atom is 0.164 e. The van der Waals surface area contributed by atoms with Crippen LogP contribution in [0.4, 0.5) is 0 Å². The summed E-state index contributed by atoms with van der Waals surface area (Å²) in [6, 6.07) is 11.5. The summed E-state index contributed by atoms with van der Waals surface area (Å²) < 4.78 is 0. The van der Waals surface area contributed by atoms with E-state index in [9.17, 15) is 0 Å². The van der Waals surface area contributed by atoms with Gasteiger partial charge in [-0.3, -0.25) is 4.90 Å². The van der Waals surface area contributed by atoms with Crippen LogP contribution in [0, 0.1) is 5.92 Å². The van der Waals surface area contributed by atoms with Crippen LogP contribution in [-0.4, -0.2) is 35.3 Å². The summed E-state index contributed by atoms with van der Waals surface area (Å²) in [4.78, 5) is 8.24. The summed E-state index contributed by atoms with van der Waals surface area (Å²) in [5.41, 5.74) is 2.37. The first-order chi connectivity index (χ1) is 8.24. The minimum Gasteiger partial charge on any atom is -0.386 e. The van der Waals surface area contributed by atoms with Gasteiger partial charge in [0.05, 0.1) is 17.7 Å². The van der Waals surface area contributed by atoms with Gasteiger partial charge >= 0.3 is 0 Å². The lowest BCUT2D eigenvalue weighted by Crippen LogP contribution is -2.35. The maximum atomic E-state index is 5.79.